The van der Waals surface area contributed by atoms with Gasteiger partial charge in [-0.25, -0.2) is 0 Å². The predicted octanol–water partition coefficient (Wildman–Crippen LogP) is 4.93. The maximum Gasteiger partial charge on any atom is 0.127 e. The Morgan fingerprint density at radius 1 is 0.682 bits per heavy atom. The van der Waals surface area contributed by atoms with Crippen molar-refractivity contribution in [2.24, 2.45) is 0 Å². The van der Waals surface area contributed by atoms with Crippen molar-refractivity contribution in [2.75, 3.05) is 23.7 Å². The second-order valence-electron chi connectivity index (χ2n) is 6.23. The summed E-state index contributed by atoms with van der Waals surface area (Å²) in [6.45, 7) is 16.5. The van der Waals surface area contributed by atoms with E-state index in [4.69, 9.17) is 0 Å². The fraction of sp³-hybridized carbons (Fsp3) is 0.350. The van der Waals surface area contributed by atoms with Crippen molar-refractivity contribution in [1.82, 2.24) is 0 Å². The van der Waals surface area contributed by atoms with Gasteiger partial charge in [-0.3, -0.25) is 0 Å². The summed E-state index contributed by atoms with van der Waals surface area (Å²) < 4.78 is 0. The van der Waals surface area contributed by atoms with E-state index >= 15 is 0 Å². The number of benzene rings is 2. The second-order valence-corrected chi connectivity index (χ2v) is 6.23. The molecule has 2 aromatic rings. The molecule has 0 atom stereocenters. The van der Waals surface area contributed by atoms with Crippen molar-refractivity contribution >= 4 is 11.4 Å². The first kappa shape index (κ1) is 16.3. The third-order valence-electron chi connectivity index (χ3n) is 4.00. The van der Waals surface area contributed by atoms with Crippen LogP contribution >= 0.6 is 0 Å². The van der Waals surface area contributed by atoms with Crippen molar-refractivity contribution in [1.29, 1.82) is 0 Å². The highest BCUT2D eigenvalue weighted by Crippen LogP contribution is 2.23. The van der Waals surface area contributed by atoms with Crippen LogP contribution in [0.15, 0.2) is 24.3 Å². The number of nitrogens with one attached hydrogen (secondary N) is 2. The normalized spacial score (nSPS) is 10.6. The number of hydrogen-bond donors (Lipinski definition) is 2. The van der Waals surface area contributed by atoms with E-state index in [1.54, 1.807) is 0 Å². The van der Waals surface area contributed by atoms with E-state index in [-0.39, 0.29) is 0 Å². The van der Waals surface area contributed by atoms with Gasteiger partial charge in [0, 0.05) is 36.8 Å². The van der Waals surface area contributed by atoms with Gasteiger partial charge in [-0.2, -0.15) is 0 Å². The first-order valence-electron chi connectivity index (χ1n) is 7.87. The molecule has 2 aromatic carbocycles. The fourth-order valence-electron chi connectivity index (χ4n) is 3.17. The molecule has 2 heteroatoms. The zero-order chi connectivity index (χ0) is 16.3. The van der Waals surface area contributed by atoms with Crippen LogP contribution in [0.5, 0.6) is 0 Å². The van der Waals surface area contributed by atoms with E-state index in [9.17, 15) is 0 Å². The maximum absolute atomic E-state index is 4.01. The standard InChI is InChI=1S/C20H27N2/c1-13-9-15(3)19(16(4)10-13)21-7-8-22-20-17(5)11-14(2)12-18(20)6/h9-12,21-22H,1,7-8H2,2-6H3/q+1. The molecule has 0 saturated heterocycles. The Labute approximate surface area is 135 Å². The third kappa shape index (κ3) is 3.76. The molecule has 2 nitrogen and oxygen atoms in total. The lowest BCUT2D eigenvalue weighted by Crippen LogP contribution is -2.16. The van der Waals surface area contributed by atoms with Gasteiger partial charge in [-0.1, -0.05) is 17.7 Å². The summed E-state index contributed by atoms with van der Waals surface area (Å²) in [7, 11) is 0. The minimum atomic E-state index is 0.894. The summed E-state index contributed by atoms with van der Waals surface area (Å²) >= 11 is 0. The van der Waals surface area contributed by atoms with Crippen molar-refractivity contribution in [3.05, 3.63) is 64.6 Å². The van der Waals surface area contributed by atoms with Crippen LogP contribution in [0.3, 0.4) is 0 Å². The number of aryl methyl sites for hydroxylation is 5. The van der Waals surface area contributed by atoms with Gasteiger partial charge < -0.3 is 10.6 Å². The monoisotopic (exact) mass is 295 g/mol. The number of rotatable bonds is 5. The molecule has 0 aromatic heterocycles. The van der Waals surface area contributed by atoms with Crippen LogP contribution in [0.4, 0.5) is 11.4 Å². The molecule has 0 spiro atoms. The number of anilines is 2. The molecule has 0 unspecified atom stereocenters. The van der Waals surface area contributed by atoms with Crippen LogP contribution in [-0.2, 0) is 0 Å². The molecule has 2 N–H and O–H groups in total. The average molecular weight is 295 g/mol. The fourth-order valence-corrected chi connectivity index (χ4v) is 3.17. The Hall–Kier alpha value is -2.09. The van der Waals surface area contributed by atoms with E-state index in [0.717, 1.165) is 18.7 Å². The van der Waals surface area contributed by atoms with E-state index in [1.807, 2.05) is 0 Å². The van der Waals surface area contributed by atoms with Crippen LogP contribution in [-0.4, -0.2) is 13.1 Å². The van der Waals surface area contributed by atoms with Gasteiger partial charge in [0.05, 0.1) is 17.8 Å². The first-order valence-corrected chi connectivity index (χ1v) is 7.87. The summed E-state index contributed by atoms with van der Waals surface area (Å²) in [4.78, 5) is 0. The van der Waals surface area contributed by atoms with Gasteiger partial charge in [0.25, 0.3) is 0 Å². The molecule has 0 aliphatic rings. The summed E-state index contributed by atoms with van der Waals surface area (Å²) in [6, 6.07) is 8.70. The minimum absolute atomic E-state index is 0.894. The molecule has 0 saturated carbocycles. The van der Waals surface area contributed by atoms with Crippen molar-refractivity contribution < 1.29 is 0 Å². The average Bonchev–Trinajstić information content (AvgIpc) is 2.38. The van der Waals surface area contributed by atoms with E-state index < -0.39 is 0 Å². The lowest BCUT2D eigenvalue weighted by molar-refractivity contribution is 1.06. The highest BCUT2D eigenvalue weighted by Gasteiger charge is 2.08. The Balaban J connectivity index is 1.96. The van der Waals surface area contributed by atoms with Crippen molar-refractivity contribution in [3.63, 3.8) is 0 Å². The summed E-state index contributed by atoms with van der Waals surface area (Å²) in [5.74, 6) is 0. The van der Waals surface area contributed by atoms with Crippen molar-refractivity contribution in [2.45, 2.75) is 34.6 Å². The maximum atomic E-state index is 4.01. The molecular formula is C20H27N2+. The van der Waals surface area contributed by atoms with Crippen LogP contribution in [0.2, 0.25) is 0 Å². The van der Waals surface area contributed by atoms with Crippen LogP contribution in [0, 0.1) is 41.5 Å². The lowest BCUT2D eigenvalue weighted by Gasteiger charge is -2.15. The van der Waals surface area contributed by atoms with E-state index in [2.05, 4.69) is 76.4 Å². The van der Waals surface area contributed by atoms with E-state index in [0.29, 0.717) is 0 Å². The smallest absolute Gasteiger partial charge is 0.127 e. The molecule has 0 fully saturated rings. The molecule has 0 bridgehead atoms. The highest BCUT2D eigenvalue weighted by molar-refractivity contribution is 5.60. The van der Waals surface area contributed by atoms with Gasteiger partial charge in [0.1, 0.15) is 5.56 Å². The largest absolute Gasteiger partial charge is 0.383 e. The Morgan fingerprint density at radius 3 is 1.45 bits per heavy atom. The SMILES string of the molecule is [CH2+]c1cc(C)c(NCCNc2c(C)cc(C)cc2C)c(C)c1. The van der Waals surface area contributed by atoms with Crippen LogP contribution in [0.25, 0.3) is 0 Å². The van der Waals surface area contributed by atoms with Crippen LogP contribution < -0.4 is 10.6 Å². The Bertz CT molecular complexity index is 566. The third-order valence-corrected chi connectivity index (χ3v) is 4.00. The van der Waals surface area contributed by atoms with Gasteiger partial charge in [0.15, 0.2) is 0 Å². The quantitative estimate of drug-likeness (QED) is 0.603. The van der Waals surface area contributed by atoms with Gasteiger partial charge in [0.2, 0.25) is 0 Å². The topological polar surface area (TPSA) is 24.1 Å². The zero-order valence-electron chi connectivity index (χ0n) is 14.4. The number of hydrogen-bond acceptors (Lipinski definition) is 2. The molecule has 2 rings (SSSR count). The van der Waals surface area contributed by atoms with Crippen molar-refractivity contribution in [3.8, 4) is 0 Å². The van der Waals surface area contributed by atoms with E-state index in [1.165, 1.54) is 39.2 Å². The molecular weight excluding hydrogens is 268 g/mol. The molecule has 0 aliphatic carbocycles. The molecule has 116 valence electrons. The highest BCUT2D eigenvalue weighted by atomic mass is 15.0. The molecule has 22 heavy (non-hydrogen) atoms. The predicted molar refractivity (Wildman–Crippen MR) is 98.0 cm³/mol. The Morgan fingerprint density at radius 2 is 1.05 bits per heavy atom. The van der Waals surface area contributed by atoms with Gasteiger partial charge in [-0.15, -0.1) is 0 Å². The Kier molecular flexibility index (Phi) is 5.02. The zero-order valence-corrected chi connectivity index (χ0v) is 14.4. The molecule has 0 radical (unpaired) electrons. The first-order chi connectivity index (χ1) is 10.4. The summed E-state index contributed by atoms with van der Waals surface area (Å²) in [5, 5.41) is 7.09. The molecule has 0 aliphatic heterocycles. The minimum Gasteiger partial charge on any atom is -0.383 e. The lowest BCUT2D eigenvalue weighted by atomic mass is 10.0. The summed E-state index contributed by atoms with van der Waals surface area (Å²) in [6.07, 6.45) is 0. The van der Waals surface area contributed by atoms with Crippen LogP contribution in [0.1, 0.15) is 33.4 Å². The van der Waals surface area contributed by atoms with Gasteiger partial charge in [-0.05, 0) is 45.7 Å². The van der Waals surface area contributed by atoms with Gasteiger partial charge >= 0.3 is 0 Å². The molecule has 0 amide bonds. The molecule has 0 heterocycles. The second kappa shape index (κ2) is 6.78. The summed E-state index contributed by atoms with van der Waals surface area (Å²) in [5.41, 5.74) is 10.0.